The number of carbonyl (C=O) groups is 1. The number of nitrogens with zero attached hydrogens (tertiary/aromatic N) is 3. The predicted molar refractivity (Wildman–Crippen MR) is 95.1 cm³/mol. The summed E-state index contributed by atoms with van der Waals surface area (Å²) in [5.41, 5.74) is 9.46. The molecular formula is C19H26N4O. The summed E-state index contributed by atoms with van der Waals surface area (Å²) in [4.78, 5) is 23.5. The molecule has 2 aromatic heterocycles. The molecule has 24 heavy (non-hydrogen) atoms. The fourth-order valence-electron chi connectivity index (χ4n) is 2.51. The van der Waals surface area contributed by atoms with Crippen LogP contribution in [0.4, 0.5) is 0 Å². The molecule has 0 saturated heterocycles. The van der Waals surface area contributed by atoms with E-state index in [0.29, 0.717) is 25.9 Å². The van der Waals surface area contributed by atoms with Crippen molar-refractivity contribution in [2.45, 2.75) is 52.7 Å². The Kier molecular flexibility index (Phi) is 6.44. The number of nitrogens with two attached hydrogens (primary N) is 1. The number of pyridine rings is 2. The van der Waals surface area contributed by atoms with Crippen LogP contribution in [0.15, 0.2) is 36.4 Å². The second kappa shape index (κ2) is 8.55. The van der Waals surface area contributed by atoms with Gasteiger partial charge in [-0.2, -0.15) is 0 Å². The molecule has 2 rings (SSSR count). The summed E-state index contributed by atoms with van der Waals surface area (Å²) in [6, 6.07) is 11.7. The van der Waals surface area contributed by atoms with Crippen molar-refractivity contribution in [3.8, 4) is 0 Å². The lowest BCUT2D eigenvalue weighted by molar-refractivity contribution is -0.132. The zero-order valence-electron chi connectivity index (χ0n) is 14.7. The molecule has 0 aliphatic carbocycles. The van der Waals surface area contributed by atoms with Gasteiger partial charge in [0.15, 0.2) is 0 Å². The lowest BCUT2D eigenvalue weighted by Gasteiger charge is -2.23. The molecule has 5 heteroatoms. The summed E-state index contributed by atoms with van der Waals surface area (Å²) in [6.07, 6.45) is 1.12. The first kappa shape index (κ1) is 18.1. The summed E-state index contributed by atoms with van der Waals surface area (Å²) in [6.45, 7) is 6.79. The van der Waals surface area contributed by atoms with Gasteiger partial charge in [0.2, 0.25) is 5.91 Å². The maximum Gasteiger partial charge on any atom is 0.223 e. The van der Waals surface area contributed by atoms with Gasteiger partial charge < -0.3 is 10.6 Å². The van der Waals surface area contributed by atoms with Gasteiger partial charge in [-0.05, 0) is 51.5 Å². The molecular weight excluding hydrogens is 300 g/mol. The fraction of sp³-hybridized carbons (Fsp3) is 0.421. The molecule has 1 atom stereocenters. The van der Waals surface area contributed by atoms with E-state index in [2.05, 4.69) is 9.97 Å². The van der Waals surface area contributed by atoms with Gasteiger partial charge in [-0.15, -0.1) is 0 Å². The fourth-order valence-corrected chi connectivity index (χ4v) is 2.51. The molecule has 0 saturated carbocycles. The summed E-state index contributed by atoms with van der Waals surface area (Å²) >= 11 is 0. The van der Waals surface area contributed by atoms with Crippen LogP contribution >= 0.6 is 0 Å². The number of amides is 1. The van der Waals surface area contributed by atoms with Crippen molar-refractivity contribution >= 4 is 5.91 Å². The first-order valence-corrected chi connectivity index (χ1v) is 8.32. The zero-order chi connectivity index (χ0) is 17.5. The van der Waals surface area contributed by atoms with E-state index in [0.717, 1.165) is 22.8 Å². The van der Waals surface area contributed by atoms with Gasteiger partial charge in [0.25, 0.3) is 0 Å². The number of hydrogen-bond acceptors (Lipinski definition) is 4. The first-order valence-electron chi connectivity index (χ1n) is 8.32. The van der Waals surface area contributed by atoms with Crippen LogP contribution in [0, 0.1) is 13.8 Å². The van der Waals surface area contributed by atoms with Crippen molar-refractivity contribution in [1.82, 2.24) is 14.9 Å². The van der Waals surface area contributed by atoms with Gasteiger partial charge in [-0.25, -0.2) is 0 Å². The lowest BCUT2D eigenvalue weighted by atomic mass is 10.1. The summed E-state index contributed by atoms with van der Waals surface area (Å²) in [5, 5.41) is 0. The smallest absolute Gasteiger partial charge is 0.223 e. The quantitative estimate of drug-likeness (QED) is 0.849. The molecule has 0 radical (unpaired) electrons. The third-order valence-corrected chi connectivity index (χ3v) is 3.76. The number of carbonyl (C=O) groups excluding carboxylic acids is 1. The van der Waals surface area contributed by atoms with Crippen molar-refractivity contribution in [2.75, 3.05) is 0 Å². The highest BCUT2D eigenvalue weighted by Gasteiger charge is 2.16. The molecule has 0 aliphatic rings. The normalized spacial score (nSPS) is 12.0. The Hall–Kier alpha value is -2.27. The van der Waals surface area contributed by atoms with Crippen molar-refractivity contribution in [1.29, 1.82) is 0 Å². The van der Waals surface area contributed by atoms with E-state index in [9.17, 15) is 4.79 Å². The molecule has 0 aliphatic heterocycles. The molecule has 0 bridgehead atoms. The lowest BCUT2D eigenvalue weighted by Crippen LogP contribution is -2.32. The van der Waals surface area contributed by atoms with E-state index >= 15 is 0 Å². The van der Waals surface area contributed by atoms with Crippen LogP contribution in [-0.4, -0.2) is 26.8 Å². The van der Waals surface area contributed by atoms with Crippen LogP contribution in [0.25, 0.3) is 0 Å². The molecule has 1 unspecified atom stereocenters. The van der Waals surface area contributed by atoms with Crippen LogP contribution in [-0.2, 0) is 17.9 Å². The van der Waals surface area contributed by atoms with Crippen molar-refractivity contribution in [3.63, 3.8) is 0 Å². The molecule has 2 aromatic rings. The SMILES string of the molecule is Cc1cccc(CN(Cc2cccc(C)n2)C(=O)CCC(C)N)n1. The van der Waals surface area contributed by atoms with Gasteiger partial charge in [-0.3, -0.25) is 14.8 Å². The second-order valence-corrected chi connectivity index (χ2v) is 6.31. The number of aromatic nitrogens is 2. The van der Waals surface area contributed by atoms with Crippen LogP contribution in [0.3, 0.4) is 0 Å². The molecule has 0 fully saturated rings. The maximum absolute atomic E-state index is 12.6. The monoisotopic (exact) mass is 326 g/mol. The average Bonchev–Trinajstić information content (AvgIpc) is 2.52. The number of rotatable bonds is 7. The minimum absolute atomic E-state index is 0.0185. The number of aryl methyl sites for hydroxylation is 2. The largest absolute Gasteiger partial charge is 0.331 e. The molecule has 1 amide bonds. The van der Waals surface area contributed by atoms with E-state index in [4.69, 9.17) is 5.73 Å². The highest BCUT2D eigenvalue weighted by atomic mass is 16.2. The topological polar surface area (TPSA) is 72.1 Å². The van der Waals surface area contributed by atoms with Crippen molar-refractivity contribution < 1.29 is 4.79 Å². The zero-order valence-corrected chi connectivity index (χ0v) is 14.7. The van der Waals surface area contributed by atoms with Gasteiger partial charge in [0, 0.05) is 23.9 Å². The Balaban J connectivity index is 2.15. The van der Waals surface area contributed by atoms with E-state index < -0.39 is 0 Å². The van der Waals surface area contributed by atoms with E-state index in [-0.39, 0.29) is 11.9 Å². The van der Waals surface area contributed by atoms with Gasteiger partial charge in [0.1, 0.15) is 0 Å². The van der Waals surface area contributed by atoms with E-state index in [1.54, 1.807) is 0 Å². The Morgan fingerprint density at radius 3 is 1.96 bits per heavy atom. The second-order valence-electron chi connectivity index (χ2n) is 6.31. The molecule has 2 N–H and O–H groups in total. The van der Waals surface area contributed by atoms with Gasteiger partial charge >= 0.3 is 0 Å². The first-order chi connectivity index (χ1) is 11.4. The molecule has 0 aromatic carbocycles. The van der Waals surface area contributed by atoms with E-state index in [1.807, 2.05) is 62.1 Å². The van der Waals surface area contributed by atoms with E-state index in [1.165, 1.54) is 0 Å². The van der Waals surface area contributed by atoms with Gasteiger partial charge in [0.05, 0.1) is 24.5 Å². The number of hydrogen-bond donors (Lipinski definition) is 1. The third-order valence-electron chi connectivity index (χ3n) is 3.76. The minimum Gasteiger partial charge on any atom is -0.331 e. The molecule has 5 nitrogen and oxygen atoms in total. The Morgan fingerprint density at radius 1 is 1.04 bits per heavy atom. The van der Waals surface area contributed by atoms with Crippen LogP contribution in [0.2, 0.25) is 0 Å². The summed E-state index contributed by atoms with van der Waals surface area (Å²) in [7, 11) is 0. The predicted octanol–water partition coefficient (Wildman–Crippen LogP) is 2.75. The van der Waals surface area contributed by atoms with Crippen LogP contribution in [0.1, 0.15) is 42.5 Å². The Bertz CT molecular complexity index is 637. The van der Waals surface area contributed by atoms with Crippen molar-refractivity contribution in [2.24, 2.45) is 5.73 Å². The highest BCUT2D eigenvalue weighted by molar-refractivity contribution is 5.76. The minimum atomic E-state index is 0.0185. The molecule has 128 valence electrons. The Morgan fingerprint density at radius 2 is 1.54 bits per heavy atom. The molecule has 0 spiro atoms. The van der Waals surface area contributed by atoms with Gasteiger partial charge in [-0.1, -0.05) is 12.1 Å². The Labute approximate surface area is 143 Å². The summed E-state index contributed by atoms with van der Waals surface area (Å²) in [5.74, 6) is 0.0823. The highest BCUT2D eigenvalue weighted by Crippen LogP contribution is 2.11. The van der Waals surface area contributed by atoms with Crippen molar-refractivity contribution in [3.05, 3.63) is 59.2 Å². The van der Waals surface area contributed by atoms with Crippen LogP contribution in [0.5, 0.6) is 0 Å². The maximum atomic E-state index is 12.6. The van der Waals surface area contributed by atoms with Crippen LogP contribution < -0.4 is 5.73 Å². The summed E-state index contributed by atoms with van der Waals surface area (Å²) < 4.78 is 0. The average molecular weight is 326 g/mol. The molecule has 2 heterocycles. The standard InChI is InChI=1S/C19H26N4O/c1-14(20)10-11-19(24)23(12-17-8-4-6-15(2)21-17)13-18-9-5-7-16(3)22-18/h4-9,14H,10-13,20H2,1-3H3. The third kappa shape index (κ3) is 5.74.